The molecule has 15 heavy (non-hydrogen) atoms. The highest BCUT2D eigenvalue weighted by atomic mass is 35.5. The van der Waals surface area contributed by atoms with Crippen LogP contribution in [0.25, 0.3) is 0 Å². The van der Waals surface area contributed by atoms with Crippen LogP contribution in [0.4, 0.5) is 0 Å². The van der Waals surface area contributed by atoms with Crippen LogP contribution in [0.15, 0.2) is 36.4 Å². The van der Waals surface area contributed by atoms with Crippen molar-refractivity contribution in [2.24, 2.45) is 0 Å². The van der Waals surface area contributed by atoms with Crippen molar-refractivity contribution in [3.8, 4) is 0 Å². The summed E-state index contributed by atoms with van der Waals surface area (Å²) in [6, 6.07) is 7.74. The zero-order valence-electron chi connectivity index (χ0n) is 8.36. The van der Waals surface area contributed by atoms with Crippen molar-refractivity contribution < 1.29 is 9.53 Å². The van der Waals surface area contributed by atoms with Gasteiger partial charge in [0.05, 0.1) is 6.61 Å². The zero-order chi connectivity index (χ0) is 10.9. The van der Waals surface area contributed by atoms with Gasteiger partial charge in [0, 0.05) is 5.02 Å². The third-order valence-corrected chi connectivity index (χ3v) is 2.30. The summed E-state index contributed by atoms with van der Waals surface area (Å²) in [6.45, 7) is 0.893. The molecule has 0 radical (unpaired) electrons. The van der Waals surface area contributed by atoms with Crippen LogP contribution in [-0.2, 0) is 16.0 Å². The fourth-order valence-corrected chi connectivity index (χ4v) is 1.39. The number of halogens is 1. The Bertz CT molecular complexity index is 334. The molecule has 0 aliphatic rings. The van der Waals surface area contributed by atoms with E-state index in [4.69, 9.17) is 11.6 Å². The van der Waals surface area contributed by atoms with Gasteiger partial charge in [-0.15, -0.1) is 0 Å². The van der Waals surface area contributed by atoms with E-state index in [-0.39, 0.29) is 0 Å². The van der Waals surface area contributed by atoms with Crippen molar-refractivity contribution in [1.82, 2.24) is 0 Å². The van der Waals surface area contributed by atoms with E-state index in [0.29, 0.717) is 13.1 Å². The summed E-state index contributed by atoms with van der Waals surface area (Å²) >= 11 is 5.98. The lowest BCUT2D eigenvalue weighted by Gasteiger charge is -1.98. The molecule has 3 heteroatoms. The molecule has 0 amide bonds. The number of hydrogen-bond donors (Lipinski definition) is 0. The molecule has 0 spiro atoms. The fourth-order valence-electron chi connectivity index (χ4n) is 1.18. The van der Waals surface area contributed by atoms with Crippen molar-refractivity contribution in [3.63, 3.8) is 0 Å². The van der Waals surface area contributed by atoms with E-state index in [1.54, 1.807) is 0 Å². The maximum Gasteiger partial charge on any atom is 0.293 e. The number of ether oxygens (including phenoxy) is 1. The summed E-state index contributed by atoms with van der Waals surface area (Å²) in [7, 11) is 0. The van der Waals surface area contributed by atoms with Crippen LogP contribution in [0.3, 0.4) is 0 Å². The third-order valence-electron chi connectivity index (χ3n) is 1.93. The number of benzene rings is 1. The SMILES string of the molecule is O=COCC/C=C/Cc1ccccc1Cl. The van der Waals surface area contributed by atoms with E-state index >= 15 is 0 Å². The molecule has 0 unspecified atom stereocenters. The molecule has 0 saturated carbocycles. The Morgan fingerprint density at radius 1 is 1.27 bits per heavy atom. The van der Waals surface area contributed by atoms with Crippen LogP contribution < -0.4 is 0 Å². The van der Waals surface area contributed by atoms with E-state index in [1.807, 2.05) is 36.4 Å². The van der Waals surface area contributed by atoms with Crippen LogP contribution in [-0.4, -0.2) is 13.1 Å². The topological polar surface area (TPSA) is 26.3 Å². The van der Waals surface area contributed by atoms with Crippen LogP contribution in [0.5, 0.6) is 0 Å². The highest BCUT2D eigenvalue weighted by Gasteiger charge is 1.94. The summed E-state index contributed by atoms with van der Waals surface area (Å²) < 4.78 is 4.55. The second kappa shape index (κ2) is 7.07. The monoisotopic (exact) mass is 224 g/mol. The molecular formula is C12H13ClO2. The molecule has 0 aromatic heterocycles. The van der Waals surface area contributed by atoms with Gasteiger partial charge in [-0.25, -0.2) is 0 Å². The molecule has 80 valence electrons. The predicted molar refractivity (Wildman–Crippen MR) is 60.9 cm³/mol. The standard InChI is InChI=1S/C12H13ClO2/c13-12-8-4-3-7-11(12)6-2-1-5-9-15-10-14/h1-4,7-8,10H,5-6,9H2/b2-1+. The minimum Gasteiger partial charge on any atom is -0.468 e. The Hall–Kier alpha value is -1.28. The van der Waals surface area contributed by atoms with E-state index in [9.17, 15) is 4.79 Å². The van der Waals surface area contributed by atoms with Gasteiger partial charge >= 0.3 is 0 Å². The molecule has 1 aromatic carbocycles. The Labute approximate surface area is 94.5 Å². The second-order valence-corrected chi connectivity index (χ2v) is 3.43. The first-order chi connectivity index (χ1) is 7.34. The first-order valence-corrected chi connectivity index (χ1v) is 5.16. The Morgan fingerprint density at radius 3 is 2.80 bits per heavy atom. The molecule has 0 atom stereocenters. The first-order valence-electron chi connectivity index (χ1n) is 4.78. The van der Waals surface area contributed by atoms with Gasteiger partial charge in [0.25, 0.3) is 6.47 Å². The van der Waals surface area contributed by atoms with Gasteiger partial charge in [0.15, 0.2) is 0 Å². The largest absolute Gasteiger partial charge is 0.468 e. The third kappa shape index (κ3) is 4.66. The van der Waals surface area contributed by atoms with Crippen molar-refractivity contribution in [3.05, 3.63) is 47.0 Å². The van der Waals surface area contributed by atoms with E-state index < -0.39 is 0 Å². The van der Waals surface area contributed by atoms with Crippen molar-refractivity contribution >= 4 is 18.1 Å². The van der Waals surface area contributed by atoms with E-state index in [2.05, 4.69) is 4.74 Å². The van der Waals surface area contributed by atoms with Crippen molar-refractivity contribution in [2.75, 3.05) is 6.61 Å². The average molecular weight is 225 g/mol. The lowest BCUT2D eigenvalue weighted by molar-refractivity contribution is -0.128. The first kappa shape index (κ1) is 11.8. The number of carbonyl (C=O) groups excluding carboxylic acids is 1. The molecular weight excluding hydrogens is 212 g/mol. The molecule has 0 fully saturated rings. The van der Waals surface area contributed by atoms with Gasteiger partial charge in [-0.2, -0.15) is 0 Å². The van der Waals surface area contributed by atoms with Gasteiger partial charge in [-0.3, -0.25) is 4.79 Å². The summed E-state index contributed by atoms with van der Waals surface area (Å²) in [4.78, 5) is 9.84. The minimum absolute atomic E-state index is 0.433. The number of rotatable bonds is 6. The lowest BCUT2D eigenvalue weighted by atomic mass is 10.1. The van der Waals surface area contributed by atoms with Gasteiger partial charge in [0.1, 0.15) is 0 Å². The van der Waals surface area contributed by atoms with Crippen LogP contribution in [0.1, 0.15) is 12.0 Å². The molecule has 1 aromatic rings. The highest BCUT2D eigenvalue weighted by Crippen LogP contribution is 2.15. The average Bonchev–Trinajstić information content (AvgIpc) is 2.25. The molecule has 0 heterocycles. The lowest BCUT2D eigenvalue weighted by Crippen LogP contribution is -1.88. The molecule has 0 saturated heterocycles. The van der Waals surface area contributed by atoms with Gasteiger partial charge in [0.2, 0.25) is 0 Å². The zero-order valence-corrected chi connectivity index (χ0v) is 9.11. The summed E-state index contributed by atoms with van der Waals surface area (Å²) in [5.74, 6) is 0. The summed E-state index contributed by atoms with van der Waals surface area (Å²) in [5.41, 5.74) is 1.10. The minimum atomic E-state index is 0.433. The smallest absolute Gasteiger partial charge is 0.293 e. The van der Waals surface area contributed by atoms with E-state index in [0.717, 1.165) is 23.4 Å². The maximum atomic E-state index is 9.84. The molecule has 0 N–H and O–H groups in total. The highest BCUT2D eigenvalue weighted by molar-refractivity contribution is 6.31. The molecule has 0 aliphatic heterocycles. The fraction of sp³-hybridized carbons (Fsp3) is 0.250. The van der Waals surface area contributed by atoms with Crippen molar-refractivity contribution in [2.45, 2.75) is 12.8 Å². The number of allylic oxidation sites excluding steroid dienone is 1. The van der Waals surface area contributed by atoms with Crippen LogP contribution in [0.2, 0.25) is 5.02 Å². The van der Waals surface area contributed by atoms with Crippen molar-refractivity contribution in [1.29, 1.82) is 0 Å². The molecule has 2 nitrogen and oxygen atoms in total. The number of carbonyl (C=O) groups is 1. The number of hydrogen-bond acceptors (Lipinski definition) is 2. The molecule has 1 rings (SSSR count). The Balaban J connectivity index is 2.30. The quantitative estimate of drug-likeness (QED) is 0.422. The Morgan fingerprint density at radius 2 is 2.07 bits per heavy atom. The van der Waals surface area contributed by atoms with E-state index in [1.165, 1.54) is 0 Å². The second-order valence-electron chi connectivity index (χ2n) is 3.02. The molecule has 0 aliphatic carbocycles. The maximum absolute atomic E-state index is 9.84. The molecule has 0 bridgehead atoms. The Kier molecular flexibility index (Phi) is 5.56. The predicted octanol–water partition coefficient (Wildman–Crippen LogP) is 3.00. The summed E-state index contributed by atoms with van der Waals surface area (Å²) in [5, 5.41) is 0.784. The van der Waals surface area contributed by atoms with Gasteiger partial charge in [-0.05, 0) is 24.5 Å². The normalized spacial score (nSPS) is 10.5. The van der Waals surface area contributed by atoms with Gasteiger partial charge in [-0.1, -0.05) is 42.0 Å². The summed E-state index contributed by atoms with van der Waals surface area (Å²) in [6.07, 6.45) is 5.55. The van der Waals surface area contributed by atoms with Gasteiger partial charge < -0.3 is 4.74 Å². The van der Waals surface area contributed by atoms with Crippen LogP contribution >= 0.6 is 11.6 Å². The van der Waals surface area contributed by atoms with Crippen LogP contribution in [0, 0.1) is 0 Å².